The summed E-state index contributed by atoms with van der Waals surface area (Å²) in [5.74, 6) is -2.65. The molecule has 21 heteroatoms. The number of methoxy groups -OCH3 is 7. The van der Waals surface area contributed by atoms with Crippen molar-refractivity contribution in [3.63, 3.8) is 0 Å². The summed E-state index contributed by atoms with van der Waals surface area (Å²) in [4.78, 5) is 68.6. The first-order chi connectivity index (χ1) is 36.1. The van der Waals surface area contributed by atoms with Crippen LogP contribution < -0.4 is 18.9 Å². The van der Waals surface area contributed by atoms with E-state index < -0.39 is 36.1 Å². The maximum Gasteiger partial charge on any atom is 0.341 e. The van der Waals surface area contributed by atoms with Gasteiger partial charge in [0.1, 0.15) is 71.5 Å². The molecule has 6 aromatic rings. The molecular formula is C53H50N4O17. The number of hydrogen-bond acceptors (Lipinski definition) is 21. The van der Waals surface area contributed by atoms with Crippen LogP contribution >= 0.6 is 0 Å². The number of esters is 4. The Morgan fingerprint density at radius 1 is 0.446 bits per heavy atom. The Hall–Kier alpha value is -9.34. The van der Waals surface area contributed by atoms with Crippen LogP contribution in [0.1, 0.15) is 28.2 Å². The molecule has 0 aliphatic carbocycles. The van der Waals surface area contributed by atoms with Crippen molar-refractivity contribution in [2.75, 3.05) is 63.0 Å². The Morgan fingerprint density at radius 2 is 0.797 bits per heavy atom. The highest BCUT2D eigenvalue weighted by Gasteiger charge is 2.34. The predicted molar refractivity (Wildman–Crippen MR) is 262 cm³/mol. The van der Waals surface area contributed by atoms with Crippen LogP contribution in [0, 0.1) is 0 Å². The predicted octanol–water partition coefficient (Wildman–Crippen LogP) is 8.23. The van der Waals surface area contributed by atoms with Crippen molar-refractivity contribution >= 4 is 40.6 Å². The minimum atomic E-state index is -1.01. The standard InChI is InChI=1S/C53H50N4O17/c1-62-28-37(49(58)63-2)33-16-8-12-20-40(33)71-44-26-45(55-31-54-44)72-41-21-13-9-17-34(41)38(50(59)64-3)29-69-24-25-70-30-39(51(60)65-4)35-18-10-14-22-42(35)73-46-27-47(57-32-56-46)74-43-23-15-11-19-36(43)48(52(61)66-5)53(67-6)68-7/h8-23,26-32,48,53H,24-25H2,1-7H3. The number of ether oxygens (including phenoxy) is 13. The third kappa shape index (κ3) is 14.0. The number of carbonyl (C=O) groups is 4. The number of para-hydroxylation sites is 4. The van der Waals surface area contributed by atoms with Gasteiger partial charge in [0.25, 0.3) is 0 Å². The molecule has 21 nitrogen and oxygen atoms in total. The summed E-state index contributed by atoms with van der Waals surface area (Å²) >= 11 is 0. The lowest BCUT2D eigenvalue weighted by atomic mass is 9.97. The summed E-state index contributed by atoms with van der Waals surface area (Å²) in [5.41, 5.74) is 1.42. The van der Waals surface area contributed by atoms with Gasteiger partial charge in [-0.25, -0.2) is 34.3 Å². The maximum atomic E-state index is 13.2. The van der Waals surface area contributed by atoms with Gasteiger partial charge in [-0.3, -0.25) is 4.79 Å². The molecule has 0 aliphatic heterocycles. The number of nitrogens with zero attached hydrogens (tertiary/aromatic N) is 4. The average Bonchev–Trinajstić information content (AvgIpc) is 3.43. The molecule has 4 aromatic carbocycles. The highest BCUT2D eigenvalue weighted by Crippen LogP contribution is 2.37. The zero-order valence-corrected chi connectivity index (χ0v) is 41.1. The Bertz CT molecular complexity index is 2990. The first kappa shape index (κ1) is 54.0. The van der Waals surface area contributed by atoms with Crippen molar-refractivity contribution < 1.29 is 80.8 Å². The van der Waals surface area contributed by atoms with Crippen LogP contribution in [0.15, 0.2) is 141 Å². The van der Waals surface area contributed by atoms with Crippen LogP contribution in [0.5, 0.6) is 46.5 Å². The van der Waals surface area contributed by atoms with E-state index in [9.17, 15) is 19.2 Å². The summed E-state index contributed by atoms with van der Waals surface area (Å²) in [6, 6.07) is 29.5. The molecule has 0 radical (unpaired) electrons. The first-order valence-electron chi connectivity index (χ1n) is 22.0. The summed E-state index contributed by atoms with van der Waals surface area (Å²) in [6.45, 7) is -0.217. The Kier molecular flexibility index (Phi) is 19.9. The molecule has 0 spiro atoms. The van der Waals surface area contributed by atoms with Gasteiger partial charge in [-0.05, 0) is 24.3 Å². The molecule has 0 amide bonds. The van der Waals surface area contributed by atoms with Gasteiger partial charge in [0.2, 0.25) is 23.5 Å². The second kappa shape index (κ2) is 27.3. The van der Waals surface area contributed by atoms with Crippen LogP contribution in [-0.2, 0) is 61.8 Å². The van der Waals surface area contributed by atoms with Gasteiger partial charge in [0.05, 0.1) is 66.5 Å². The fourth-order valence-corrected chi connectivity index (χ4v) is 6.86. The van der Waals surface area contributed by atoms with E-state index in [4.69, 9.17) is 61.6 Å². The fraction of sp³-hybridized carbons (Fsp3) is 0.208. The van der Waals surface area contributed by atoms with Crippen molar-refractivity contribution in [3.05, 3.63) is 163 Å². The number of aromatic nitrogens is 4. The summed E-state index contributed by atoms with van der Waals surface area (Å²) in [6.07, 6.45) is 5.06. The van der Waals surface area contributed by atoms with E-state index in [1.807, 2.05) is 0 Å². The normalized spacial score (nSPS) is 11.9. The summed E-state index contributed by atoms with van der Waals surface area (Å²) < 4.78 is 72.0. The second-order valence-corrected chi connectivity index (χ2v) is 14.7. The highest BCUT2D eigenvalue weighted by atomic mass is 16.7. The minimum Gasteiger partial charge on any atom is -0.503 e. The SMILES string of the molecule is COC=C(C(=O)OC)c1ccccc1Oc1cc(Oc2ccccc2C(=COCCOC=C(C(=O)OC)c2ccccc2Oc2cc(Oc3ccccc3C(C(=O)OC)C(OC)OC)ncn2)C(=O)OC)ncn1. The third-order valence-electron chi connectivity index (χ3n) is 10.2. The Balaban J connectivity index is 1.15. The van der Waals surface area contributed by atoms with Crippen LogP contribution in [0.4, 0.5) is 0 Å². The molecule has 0 N–H and O–H groups in total. The average molecular weight is 1010 g/mol. The van der Waals surface area contributed by atoms with Gasteiger partial charge in [-0.15, -0.1) is 0 Å². The second-order valence-electron chi connectivity index (χ2n) is 14.7. The van der Waals surface area contributed by atoms with Gasteiger partial charge in [-0.1, -0.05) is 72.8 Å². The number of rotatable bonds is 25. The number of benzene rings is 4. The molecule has 0 saturated carbocycles. The molecule has 2 heterocycles. The largest absolute Gasteiger partial charge is 0.503 e. The van der Waals surface area contributed by atoms with Crippen molar-refractivity contribution in [2.24, 2.45) is 0 Å². The fourth-order valence-electron chi connectivity index (χ4n) is 6.86. The van der Waals surface area contributed by atoms with E-state index in [1.54, 1.807) is 97.1 Å². The maximum absolute atomic E-state index is 13.2. The molecule has 0 fully saturated rings. The summed E-state index contributed by atoms with van der Waals surface area (Å²) in [7, 11) is 9.13. The van der Waals surface area contributed by atoms with Crippen molar-refractivity contribution in [1.29, 1.82) is 0 Å². The smallest absolute Gasteiger partial charge is 0.341 e. The first-order valence-corrected chi connectivity index (χ1v) is 22.0. The van der Waals surface area contributed by atoms with Crippen molar-refractivity contribution in [3.8, 4) is 46.5 Å². The van der Waals surface area contributed by atoms with Crippen molar-refractivity contribution in [2.45, 2.75) is 12.2 Å². The van der Waals surface area contributed by atoms with Crippen LogP contribution in [0.3, 0.4) is 0 Å². The molecule has 1 unspecified atom stereocenters. The molecule has 74 heavy (non-hydrogen) atoms. The van der Waals surface area contributed by atoms with E-state index in [0.717, 1.165) is 0 Å². The van der Waals surface area contributed by atoms with Crippen LogP contribution in [0.2, 0.25) is 0 Å². The lowest BCUT2D eigenvalue weighted by Crippen LogP contribution is -2.30. The monoisotopic (exact) mass is 1010 g/mol. The summed E-state index contributed by atoms with van der Waals surface area (Å²) in [5, 5.41) is 0. The number of hydrogen-bond donors (Lipinski definition) is 0. The zero-order valence-electron chi connectivity index (χ0n) is 41.1. The van der Waals surface area contributed by atoms with Crippen LogP contribution in [-0.4, -0.2) is 113 Å². The molecule has 6 rings (SSSR count). The van der Waals surface area contributed by atoms with Gasteiger partial charge < -0.3 is 61.6 Å². The van der Waals surface area contributed by atoms with Gasteiger partial charge >= 0.3 is 23.9 Å². The van der Waals surface area contributed by atoms with E-state index in [-0.39, 0.29) is 87.6 Å². The molecule has 2 aromatic heterocycles. The molecule has 0 aliphatic rings. The molecule has 0 saturated heterocycles. The van der Waals surface area contributed by atoms with Crippen molar-refractivity contribution in [1.82, 2.24) is 19.9 Å². The van der Waals surface area contributed by atoms with Gasteiger partial charge in [-0.2, -0.15) is 0 Å². The minimum absolute atomic E-state index is 0.0154. The topological polar surface area (TPSA) is 240 Å². The van der Waals surface area contributed by atoms with E-state index in [2.05, 4.69) is 19.9 Å². The zero-order chi connectivity index (χ0) is 52.8. The lowest BCUT2D eigenvalue weighted by molar-refractivity contribution is -0.163. The Morgan fingerprint density at radius 3 is 1.16 bits per heavy atom. The quantitative estimate of drug-likeness (QED) is 0.0131. The molecule has 384 valence electrons. The molecular weight excluding hydrogens is 965 g/mol. The Labute approximate surface area is 424 Å². The van der Waals surface area contributed by atoms with Gasteiger partial charge in [0.15, 0.2) is 6.29 Å². The van der Waals surface area contributed by atoms with Gasteiger partial charge in [0, 0.05) is 36.5 Å². The number of carbonyl (C=O) groups excluding carboxylic acids is 4. The van der Waals surface area contributed by atoms with E-state index in [1.165, 1.54) is 93.3 Å². The van der Waals surface area contributed by atoms with E-state index >= 15 is 0 Å². The highest BCUT2D eigenvalue weighted by molar-refractivity contribution is 6.18. The van der Waals surface area contributed by atoms with E-state index in [0.29, 0.717) is 11.1 Å². The third-order valence-corrected chi connectivity index (χ3v) is 10.2. The van der Waals surface area contributed by atoms with Crippen LogP contribution in [0.25, 0.3) is 16.7 Å². The lowest BCUT2D eigenvalue weighted by Gasteiger charge is -2.24. The molecule has 1 atom stereocenters. The molecule has 0 bridgehead atoms.